The van der Waals surface area contributed by atoms with Crippen LogP contribution in [0, 0.1) is 0 Å². The van der Waals surface area contributed by atoms with E-state index in [1.165, 1.54) is 49.9 Å². The average molecular weight is 214 g/mol. The quantitative estimate of drug-likeness (QED) is 0.714. The lowest BCUT2D eigenvalue weighted by molar-refractivity contribution is 0.567. The number of fused-ring (bicyclic) bond motifs is 1. The van der Waals surface area contributed by atoms with Crippen LogP contribution in [0.5, 0.6) is 0 Å². The molecule has 1 N–H and O–H groups in total. The van der Waals surface area contributed by atoms with Gasteiger partial charge in [0, 0.05) is 5.92 Å². The summed E-state index contributed by atoms with van der Waals surface area (Å²) in [5, 5.41) is 0. The second-order valence-corrected chi connectivity index (χ2v) is 4.83. The number of benzene rings is 1. The van der Waals surface area contributed by atoms with Gasteiger partial charge in [-0.15, -0.1) is 0 Å². The first kappa shape index (κ1) is 9.88. The van der Waals surface area contributed by atoms with Crippen molar-refractivity contribution in [2.45, 2.75) is 44.4 Å². The van der Waals surface area contributed by atoms with Crippen molar-refractivity contribution in [3.8, 4) is 0 Å². The molecule has 3 rings (SSSR count). The Kier molecular flexibility index (Phi) is 2.65. The number of rotatable bonds is 1. The van der Waals surface area contributed by atoms with Gasteiger partial charge in [-0.25, -0.2) is 4.98 Å². The molecule has 1 aromatic heterocycles. The van der Waals surface area contributed by atoms with Crippen LogP contribution < -0.4 is 0 Å². The van der Waals surface area contributed by atoms with Crippen LogP contribution in [0.3, 0.4) is 0 Å². The van der Waals surface area contributed by atoms with Gasteiger partial charge in [-0.2, -0.15) is 0 Å². The summed E-state index contributed by atoms with van der Waals surface area (Å²) >= 11 is 0. The zero-order valence-electron chi connectivity index (χ0n) is 9.58. The van der Waals surface area contributed by atoms with E-state index >= 15 is 0 Å². The highest BCUT2D eigenvalue weighted by Crippen LogP contribution is 2.30. The van der Waals surface area contributed by atoms with E-state index in [1.54, 1.807) is 0 Å². The number of imidazole rings is 1. The van der Waals surface area contributed by atoms with Crippen LogP contribution in [0.15, 0.2) is 24.3 Å². The predicted octanol–water partition coefficient (Wildman–Crippen LogP) is 4.00. The third-order valence-electron chi connectivity index (χ3n) is 3.65. The van der Waals surface area contributed by atoms with Crippen LogP contribution in [0.1, 0.15) is 50.3 Å². The summed E-state index contributed by atoms with van der Waals surface area (Å²) in [6, 6.07) is 8.33. The average Bonchev–Trinajstić information content (AvgIpc) is 2.56. The van der Waals surface area contributed by atoms with Gasteiger partial charge in [0.1, 0.15) is 5.82 Å². The Bertz CT molecular complexity index is 431. The molecular weight excluding hydrogens is 196 g/mol. The van der Waals surface area contributed by atoms with Crippen LogP contribution in [0.2, 0.25) is 0 Å². The van der Waals surface area contributed by atoms with Crippen LogP contribution in [0.4, 0.5) is 0 Å². The van der Waals surface area contributed by atoms with Crippen LogP contribution in [0.25, 0.3) is 11.0 Å². The summed E-state index contributed by atoms with van der Waals surface area (Å²) in [5.74, 6) is 1.87. The van der Waals surface area contributed by atoms with E-state index in [0.29, 0.717) is 5.92 Å². The van der Waals surface area contributed by atoms with Gasteiger partial charge in [0.25, 0.3) is 0 Å². The highest BCUT2D eigenvalue weighted by Gasteiger charge is 2.17. The summed E-state index contributed by atoms with van der Waals surface area (Å²) in [7, 11) is 0. The van der Waals surface area contributed by atoms with Crippen molar-refractivity contribution in [2.24, 2.45) is 0 Å². The standard InChI is InChI=1S/C14H18N2/c1-2-4-8-11(7-3-1)14-15-12-9-5-6-10-13(12)16-14/h5-6,9-11H,1-4,7-8H2,(H,15,16). The summed E-state index contributed by atoms with van der Waals surface area (Å²) < 4.78 is 0. The zero-order chi connectivity index (χ0) is 10.8. The molecule has 2 nitrogen and oxygen atoms in total. The van der Waals surface area contributed by atoms with Crippen LogP contribution in [-0.4, -0.2) is 9.97 Å². The van der Waals surface area contributed by atoms with Crippen LogP contribution >= 0.6 is 0 Å². The van der Waals surface area contributed by atoms with Gasteiger partial charge < -0.3 is 4.98 Å². The molecule has 0 saturated heterocycles. The fourth-order valence-electron chi connectivity index (χ4n) is 2.72. The second-order valence-electron chi connectivity index (χ2n) is 4.83. The van der Waals surface area contributed by atoms with Crippen molar-refractivity contribution in [2.75, 3.05) is 0 Å². The predicted molar refractivity (Wildman–Crippen MR) is 66.5 cm³/mol. The molecule has 2 aromatic rings. The molecule has 2 heteroatoms. The minimum absolute atomic E-state index is 0.662. The minimum atomic E-state index is 0.662. The largest absolute Gasteiger partial charge is 0.342 e. The first-order valence-electron chi connectivity index (χ1n) is 6.38. The molecule has 0 aliphatic heterocycles. The first-order chi connectivity index (χ1) is 7.93. The number of hydrogen-bond acceptors (Lipinski definition) is 1. The topological polar surface area (TPSA) is 28.7 Å². The van der Waals surface area contributed by atoms with Crippen molar-refractivity contribution in [3.63, 3.8) is 0 Å². The third kappa shape index (κ3) is 1.84. The third-order valence-corrected chi connectivity index (χ3v) is 3.65. The highest BCUT2D eigenvalue weighted by atomic mass is 14.9. The zero-order valence-corrected chi connectivity index (χ0v) is 9.58. The Morgan fingerprint density at radius 3 is 2.50 bits per heavy atom. The Labute approximate surface area is 96.1 Å². The monoisotopic (exact) mass is 214 g/mol. The normalized spacial score (nSPS) is 18.8. The van der Waals surface area contributed by atoms with Crippen molar-refractivity contribution >= 4 is 11.0 Å². The molecule has 1 aromatic carbocycles. The smallest absolute Gasteiger partial charge is 0.110 e. The van der Waals surface area contributed by atoms with Gasteiger partial charge in [0.15, 0.2) is 0 Å². The molecule has 1 aliphatic carbocycles. The van der Waals surface area contributed by atoms with Crippen molar-refractivity contribution in [1.29, 1.82) is 0 Å². The number of nitrogens with one attached hydrogen (secondary N) is 1. The molecule has 0 spiro atoms. The number of aromatic nitrogens is 2. The summed E-state index contributed by atoms with van der Waals surface area (Å²) in [6.45, 7) is 0. The lowest BCUT2D eigenvalue weighted by Crippen LogP contribution is -1.99. The molecule has 0 bridgehead atoms. The molecular formula is C14H18N2. The van der Waals surface area contributed by atoms with Crippen molar-refractivity contribution < 1.29 is 0 Å². The van der Waals surface area contributed by atoms with Gasteiger partial charge in [-0.1, -0.05) is 37.8 Å². The SMILES string of the molecule is c1ccc2[nH]c(C3CCCCCC3)nc2c1. The molecule has 0 amide bonds. The molecule has 0 unspecified atom stereocenters. The maximum atomic E-state index is 4.72. The number of H-pyrrole nitrogens is 1. The lowest BCUT2D eigenvalue weighted by Gasteiger charge is -2.09. The van der Waals surface area contributed by atoms with E-state index < -0.39 is 0 Å². The van der Waals surface area contributed by atoms with E-state index in [-0.39, 0.29) is 0 Å². The van der Waals surface area contributed by atoms with Gasteiger partial charge in [0.05, 0.1) is 11.0 Å². The molecule has 1 heterocycles. The minimum Gasteiger partial charge on any atom is -0.342 e. The van der Waals surface area contributed by atoms with E-state index in [0.717, 1.165) is 5.52 Å². The van der Waals surface area contributed by atoms with Gasteiger partial charge in [-0.3, -0.25) is 0 Å². The van der Waals surface area contributed by atoms with Crippen molar-refractivity contribution in [1.82, 2.24) is 9.97 Å². The fraction of sp³-hybridized carbons (Fsp3) is 0.500. The maximum absolute atomic E-state index is 4.72. The van der Waals surface area contributed by atoms with Crippen molar-refractivity contribution in [3.05, 3.63) is 30.1 Å². The second kappa shape index (κ2) is 4.28. The number of hydrogen-bond donors (Lipinski definition) is 1. The van der Waals surface area contributed by atoms with E-state index in [2.05, 4.69) is 29.2 Å². The van der Waals surface area contributed by atoms with Gasteiger partial charge in [-0.05, 0) is 25.0 Å². The summed E-state index contributed by atoms with van der Waals surface area (Å²) in [6.07, 6.45) is 8.14. The Balaban J connectivity index is 1.92. The molecule has 1 aliphatic rings. The molecule has 16 heavy (non-hydrogen) atoms. The van der Waals surface area contributed by atoms with Crippen LogP contribution in [-0.2, 0) is 0 Å². The Hall–Kier alpha value is -1.31. The van der Waals surface area contributed by atoms with E-state index in [9.17, 15) is 0 Å². The highest BCUT2D eigenvalue weighted by molar-refractivity contribution is 5.74. The molecule has 0 atom stereocenters. The van der Waals surface area contributed by atoms with Gasteiger partial charge in [0.2, 0.25) is 0 Å². The van der Waals surface area contributed by atoms with Gasteiger partial charge >= 0.3 is 0 Å². The number of para-hydroxylation sites is 2. The maximum Gasteiger partial charge on any atom is 0.110 e. The number of aromatic amines is 1. The molecule has 0 radical (unpaired) electrons. The Morgan fingerprint density at radius 1 is 1.00 bits per heavy atom. The number of nitrogens with zero attached hydrogens (tertiary/aromatic N) is 1. The molecule has 1 saturated carbocycles. The first-order valence-corrected chi connectivity index (χ1v) is 6.38. The Morgan fingerprint density at radius 2 is 1.75 bits per heavy atom. The molecule has 1 fully saturated rings. The van der Waals surface area contributed by atoms with E-state index in [1.807, 2.05) is 0 Å². The fourth-order valence-corrected chi connectivity index (χ4v) is 2.72. The lowest BCUT2D eigenvalue weighted by atomic mass is 10.00. The molecule has 84 valence electrons. The summed E-state index contributed by atoms with van der Waals surface area (Å²) in [4.78, 5) is 8.20. The van der Waals surface area contributed by atoms with E-state index in [4.69, 9.17) is 4.98 Å². The summed E-state index contributed by atoms with van der Waals surface area (Å²) in [5.41, 5.74) is 2.29.